The van der Waals surface area contributed by atoms with Crippen LogP contribution in [0.4, 0.5) is 5.69 Å². The maximum Gasteiger partial charge on any atom is 0.274 e. The molecule has 3 aromatic rings. The van der Waals surface area contributed by atoms with Gasteiger partial charge in [-0.3, -0.25) is 9.20 Å². The van der Waals surface area contributed by atoms with Crippen LogP contribution < -0.4 is 10.1 Å². The molecule has 0 unspecified atom stereocenters. The van der Waals surface area contributed by atoms with E-state index in [1.807, 2.05) is 6.92 Å². The Morgan fingerprint density at radius 1 is 1.29 bits per heavy atom. The molecule has 0 aliphatic heterocycles. The molecule has 0 radical (unpaired) electrons. The highest BCUT2D eigenvalue weighted by Crippen LogP contribution is 2.27. The van der Waals surface area contributed by atoms with E-state index in [-0.39, 0.29) is 5.91 Å². The third-order valence-electron chi connectivity index (χ3n) is 3.61. The molecular weight excluding hydrogens is 349 g/mol. The number of methoxy groups -OCH3 is 1. The van der Waals surface area contributed by atoms with Crippen molar-refractivity contribution in [2.24, 2.45) is 0 Å². The van der Waals surface area contributed by atoms with Crippen LogP contribution in [-0.2, 0) is 6.42 Å². The highest BCUT2D eigenvalue weighted by Gasteiger charge is 2.19. The number of amides is 1. The number of carbonyl (C=O) groups is 1. The number of imidazole rings is 1. The molecule has 2 heterocycles. The second-order valence-corrected chi connectivity index (χ2v) is 5.98. The molecule has 0 spiro atoms. The Labute approximate surface area is 149 Å². The van der Waals surface area contributed by atoms with Crippen molar-refractivity contribution in [3.63, 3.8) is 0 Å². The number of pyridine rings is 1. The molecule has 5 nitrogen and oxygen atoms in total. The van der Waals surface area contributed by atoms with Crippen LogP contribution >= 0.6 is 23.2 Å². The second-order valence-electron chi connectivity index (χ2n) is 5.14. The number of aromatic nitrogens is 2. The van der Waals surface area contributed by atoms with Crippen molar-refractivity contribution in [3.05, 3.63) is 58.0 Å². The van der Waals surface area contributed by atoms with Gasteiger partial charge in [0.1, 0.15) is 17.1 Å². The third kappa shape index (κ3) is 3.05. The molecule has 1 amide bonds. The first kappa shape index (κ1) is 16.6. The highest BCUT2D eigenvalue weighted by molar-refractivity contribution is 6.32. The molecule has 1 aromatic carbocycles. The Hall–Kier alpha value is -2.24. The van der Waals surface area contributed by atoms with Gasteiger partial charge in [0.25, 0.3) is 5.91 Å². The quantitative estimate of drug-likeness (QED) is 0.744. The van der Waals surface area contributed by atoms with Crippen molar-refractivity contribution in [1.82, 2.24) is 9.38 Å². The molecule has 24 heavy (non-hydrogen) atoms. The van der Waals surface area contributed by atoms with E-state index in [0.717, 1.165) is 0 Å². The molecule has 7 heteroatoms. The average molecular weight is 364 g/mol. The maximum atomic E-state index is 12.8. The Bertz CT molecular complexity index is 922. The number of hydrogen-bond donors (Lipinski definition) is 1. The fraction of sp³-hybridized carbons (Fsp3) is 0.176. The van der Waals surface area contributed by atoms with Gasteiger partial charge in [-0.2, -0.15) is 0 Å². The summed E-state index contributed by atoms with van der Waals surface area (Å²) in [5, 5.41) is 3.79. The van der Waals surface area contributed by atoms with Crippen molar-refractivity contribution >= 4 is 40.4 Å². The number of aryl methyl sites for hydroxylation is 1. The van der Waals surface area contributed by atoms with Gasteiger partial charge in [-0.1, -0.05) is 30.1 Å². The molecule has 3 rings (SSSR count). The van der Waals surface area contributed by atoms with Crippen LogP contribution in [0.5, 0.6) is 5.75 Å². The number of nitrogens with zero attached hydrogens (tertiary/aromatic N) is 2. The summed E-state index contributed by atoms with van der Waals surface area (Å²) in [4.78, 5) is 17.2. The van der Waals surface area contributed by atoms with Crippen molar-refractivity contribution in [1.29, 1.82) is 0 Å². The predicted octanol–water partition coefficient (Wildman–Crippen LogP) is 4.46. The van der Waals surface area contributed by atoms with E-state index in [1.54, 1.807) is 40.9 Å². The van der Waals surface area contributed by atoms with E-state index in [1.165, 1.54) is 7.11 Å². The van der Waals surface area contributed by atoms with Crippen molar-refractivity contribution in [3.8, 4) is 5.75 Å². The molecule has 0 saturated carbocycles. The standard InChI is InChI=1S/C17H15Cl2N3O2/c1-3-13-16(22-9-10(18)4-7-15(22)21-13)17(23)20-11-5-6-14(24-2)12(19)8-11/h4-9H,3H2,1-2H3,(H,20,23). The van der Waals surface area contributed by atoms with Gasteiger partial charge in [0.2, 0.25) is 0 Å². The summed E-state index contributed by atoms with van der Waals surface area (Å²) in [5.74, 6) is 0.272. The summed E-state index contributed by atoms with van der Waals surface area (Å²) in [6.07, 6.45) is 2.31. The summed E-state index contributed by atoms with van der Waals surface area (Å²) in [5.41, 5.74) is 2.41. The molecule has 1 N–H and O–H groups in total. The molecule has 0 atom stereocenters. The fourth-order valence-electron chi connectivity index (χ4n) is 2.49. The minimum atomic E-state index is -0.275. The van der Waals surface area contributed by atoms with Crippen molar-refractivity contribution in [2.45, 2.75) is 13.3 Å². The van der Waals surface area contributed by atoms with Gasteiger partial charge in [-0.05, 0) is 36.8 Å². The van der Waals surface area contributed by atoms with Crippen LogP contribution in [-0.4, -0.2) is 22.4 Å². The van der Waals surface area contributed by atoms with Crippen molar-refractivity contribution in [2.75, 3.05) is 12.4 Å². The van der Waals surface area contributed by atoms with E-state index in [9.17, 15) is 4.79 Å². The number of anilines is 1. The van der Waals surface area contributed by atoms with Crippen LogP contribution in [0.1, 0.15) is 23.1 Å². The third-order valence-corrected chi connectivity index (χ3v) is 4.13. The number of carbonyl (C=O) groups excluding carboxylic acids is 1. The van der Waals surface area contributed by atoms with E-state index in [2.05, 4.69) is 10.3 Å². The average Bonchev–Trinajstić information content (AvgIpc) is 2.92. The summed E-state index contributed by atoms with van der Waals surface area (Å²) in [6, 6.07) is 8.59. The van der Waals surface area contributed by atoms with E-state index < -0.39 is 0 Å². The molecule has 2 aromatic heterocycles. The Balaban J connectivity index is 1.99. The van der Waals surface area contributed by atoms with Gasteiger partial charge in [0.15, 0.2) is 0 Å². The maximum absolute atomic E-state index is 12.8. The molecule has 0 aliphatic carbocycles. The van der Waals surface area contributed by atoms with Gasteiger partial charge in [0, 0.05) is 11.9 Å². The second kappa shape index (κ2) is 6.71. The number of fused-ring (bicyclic) bond motifs is 1. The van der Waals surface area contributed by atoms with Crippen LogP contribution in [0, 0.1) is 0 Å². The van der Waals surface area contributed by atoms with Gasteiger partial charge in [0.05, 0.1) is 22.8 Å². The first-order valence-corrected chi connectivity index (χ1v) is 8.10. The lowest BCUT2D eigenvalue weighted by Gasteiger charge is -2.09. The van der Waals surface area contributed by atoms with E-state index >= 15 is 0 Å². The topological polar surface area (TPSA) is 55.6 Å². The number of nitrogens with one attached hydrogen (secondary N) is 1. The highest BCUT2D eigenvalue weighted by atomic mass is 35.5. The normalized spacial score (nSPS) is 10.8. The molecule has 124 valence electrons. The molecule has 0 bridgehead atoms. The van der Waals surface area contributed by atoms with E-state index in [0.29, 0.717) is 44.9 Å². The lowest BCUT2D eigenvalue weighted by Crippen LogP contribution is -2.16. The number of ether oxygens (including phenoxy) is 1. The van der Waals surface area contributed by atoms with Crippen LogP contribution in [0.3, 0.4) is 0 Å². The summed E-state index contributed by atoms with van der Waals surface area (Å²) in [7, 11) is 1.54. The fourth-order valence-corrected chi connectivity index (χ4v) is 2.91. The zero-order chi connectivity index (χ0) is 17.3. The zero-order valence-electron chi connectivity index (χ0n) is 13.1. The SMILES string of the molecule is CCc1nc2ccc(Cl)cn2c1C(=O)Nc1ccc(OC)c(Cl)c1. The predicted molar refractivity (Wildman–Crippen MR) is 95.5 cm³/mol. The van der Waals surface area contributed by atoms with Gasteiger partial charge in [-0.15, -0.1) is 0 Å². The summed E-state index contributed by atoms with van der Waals surface area (Å²) < 4.78 is 6.81. The van der Waals surface area contributed by atoms with E-state index in [4.69, 9.17) is 27.9 Å². The lowest BCUT2D eigenvalue weighted by molar-refractivity contribution is 0.102. The van der Waals surface area contributed by atoms with Gasteiger partial charge < -0.3 is 10.1 Å². The molecule has 0 aliphatic rings. The van der Waals surface area contributed by atoms with Gasteiger partial charge >= 0.3 is 0 Å². The Morgan fingerprint density at radius 2 is 2.08 bits per heavy atom. The smallest absolute Gasteiger partial charge is 0.274 e. The first-order chi connectivity index (χ1) is 11.5. The summed E-state index contributed by atoms with van der Waals surface area (Å²) >= 11 is 12.2. The van der Waals surface area contributed by atoms with Crippen LogP contribution in [0.2, 0.25) is 10.0 Å². The Morgan fingerprint density at radius 3 is 2.75 bits per heavy atom. The molecule has 0 saturated heterocycles. The minimum absolute atomic E-state index is 0.275. The number of halogens is 2. The number of hydrogen-bond acceptors (Lipinski definition) is 3. The lowest BCUT2D eigenvalue weighted by atomic mass is 10.2. The number of rotatable bonds is 4. The minimum Gasteiger partial charge on any atom is -0.495 e. The largest absolute Gasteiger partial charge is 0.495 e. The monoisotopic (exact) mass is 363 g/mol. The van der Waals surface area contributed by atoms with Gasteiger partial charge in [-0.25, -0.2) is 4.98 Å². The van der Waals surface area contributed by atoms with Crippen molar-refractivity contribution < 1.29 is 9.53 Å². The van der Waals surface area contributed by atoms with Crippen LogP contribution in [0.25, 0.3) is 5.65 Å². The molecule has 0 fully saturated rings. The first-order valence-electron chi connectivity index (χ1n) is 7.35. The number of benzene rings is 1. The summed E-state index contributed by atoms with van der Waals surface area (Å²) in [6.45, 7) is 1.95. The van der Waals surface area contributed by atoms with Crippen LogP contribution in [0.15, 0.2) is 36.5 Å². The Kier molecular flexibility index (Phi) is 4.64. The molecular formula is C17H15Cl2N3O2. The zero-order valence-corrected chi connectivity index (χ0v) is 14.6.